The number of carboxylic acids is 1. The molecule has 21 heavy (non-hydrogen) atoms. The lowest BCUT2D eigenvalue weighted by molar-refractivity contribution is -0.143. The largest absolute Gasteiger partial charge is 0.481 e. The number of carboxylic acid groups (broad SMARTS) is 1. The van der Waals surface area contributed by atoms with Crippen LogP contribution < -0.4 is 10.6 Å². The van der Waals surface area contributed by atoms with Crippen LogP contribution in [-0.4, -0.2) is 28.1 Å². The highest BCUT2D eigenvalue weighted by Gasteiger charge is 2.31. The zero-order chi connectivity index (χ0) is 15.4. The van der Waals surface area contributed by atoms with Gasteiger partial charge in [0, 0.05) is 11.7 Å². The van der Waals surface area contributed by atoms with Crippen molar-refractivity contribution in [3.05, 3.63) is 23.5 Å². The molecule has 114 valence electrons. The second-order valence-corrected chi connectivity index (χ2v) is 5.52. The Labute approximate surface area is 124 Å². The fourth-order valence-corrected chi connectivity index (χ4v) is 2.74. The molecule has 1 aliphatic rings. The molecule has 6 heteroatoms. The van der Waals surface area contributed by atoms with Gasteiger partial charge in [-0.1, -0.05) is 12.8 Å². The minimum atomic E-state index is -0.840. The van der Waals surface area contributed by atoms with Crippen molar-refractivity contribution in [1.82, 2.24) is 10.3 Å². The summed E-state index contributed by atoms with van der Waals surface area (Å²) in [7, 11) is 0. The number of carbonyl (C=O) groups excluding carboxylic acids is 1. The molecule has 2 atom stereocenters. The lowest BCUT2D eigenvalue weighted by atomic mass is 9.84. The lowest BCUT2D eigenvalue weighted by Gasteiger charge is -2.29. The number of amides is 2. The number of aryl methyl sites for hydroxylation is 2. The fraction of sp³-hybridized carbons (Fsp3) is 0.533. The fourth-order valence-electron chi connectivity index (χ4n) is 2.74. The van der Waals surface area contributed by atoms with E-state index in [0.29, 0.717) is 18.5 Å². The molecule has 0 aliphatic heterocycles. The topological polar surface area (TPSA) is 91.3 Å². The van der Waals surface area contributed by atoms with Gasteiger partial charge in [-0.15, -0.1) is 0 Å². The van der Waals surface area contributed by atoms with Gasteiger partial charge in [0.25, 0.3) is 0 Å². The van der Waals surface area contributed by atoms with Crippen LogP contribution in [0.15, 0.2) is 12.1 Å². The third-order valence-electron chi connectivity index (χ3n) is 3.87. The molecule has 6 nitrogen and oxygen atoms in total. The van der Waals surface area contributed by atoms with Crippen LogP contribution >= 0.6 is 0 Å². The van der Waals surface area contributed by atoms with E-state index in [1.165, 1.54) is 0 Å². The summed E-state index contributed by atoms with van der Waals surface area (Å²) >= 11 is 0. The summed E-state index contributed by atoms with van der Waals surface area (Å²) in [6.07, 6.45) is 3.17. The summed E-state index contributed by atoms with van der Waals surface area (Å²) in [6, 6.07) is 2.94. The van der Waals surface area contributed by atoms with Crippen LogP contribution in [0.1, 0.15) is 37.1 Å². The molecular weight excluding hydrogens is 270 g/mol. The van der Waals surface area contributed by atoms with E-state index in [4.69, 9.17) is 0 Å². The van der Waals surface area contributed by atoms with Crippen molar-refractivity contribution < 1.29 is 14.7 Å². The predicted molar refractivity (Wildman–Crippen MR) is 79.2 cm³/mol. The van der Waals surface area contributed by atoms with Gasteiger partial charge in [-0.05, 0) is 38.8 Å². The normalized spacial score (nSPS) is 21.6. The molecule has 0 saturated heterocycles. The van der Waals surface area contributed by atoms with Crippen molar-refractivity contribution in [3.63, 3.8) is 0 Å². The van der Waals surface area contributed by atoms with E-state index in [1.54, 1.807) is 6.07 Å². The molecule has 1 saturated carbocycles. The van der Waals surface area contributed by atoms with Gasteiger partial charge in [0.05, 0.1) is 17.3 Å². The number of anilines is 1. The predicted octanol–water partition coefficient (Wildman–Crippen LogP) is 2.46. The molecule has 1 heterocycles. The number of nitrogens with one attached hydrogen (secondary N) is 2. The highest BCUT2D eigenvalue weighted by molar-refractivity contribution is 5.90. The number of carbonyl (C=O) groups is 2. The number of hydrogen-bond acceptors (Lipinski definition) is 3. The first-order valence-electron chi connectivity index (χ1n) is 7.22. The smallest absolute Gasteiger partial charge is 0.319 e. The van der Waals surface area contributed by atoms with Crippen molar-refractivity contribution in [3.8, 4) is 0 Å². The van der Waals surface area contributed by atoms with E-state index >= 15 is 0 Å². The van der Waals surface area contributed by atoms with Crippen LogP contribution in [0.25, 0.3) is 0 Å². The maximum atomic E-state index is 12.0. The Kier molecular flexibility index (Phi) is 4.77. The molecule has 2 amide bonds. The van der Waals surface area contributed by atoms with Crippen molar-refractivity contribution in [2.75, 3.05) is 5.32 Å². The summed E-state index contributed by atoms with van der Waals surface area (Å²) in [5.74, 6) is -1.34. The standard InChI is InChI=1S/C15H21N3O3/c1-9-7-8-12(10(2)16-9)17-15(21)18-13-6-4-3-5-11(13)14(19)20/h7-8,11,13H,3-6H2,1-2H3,(H,19,20)(H2,17,18,21). The Morgan fingerprint density at radius 3 is 2.62 bits per heavy atom. The van der Waals surface area contributed by atoms with Crippen molar-refractivity contribution >= 4 is 17.7 Å². The highest BCUT2D eigenvalue weighted by Crippen LogP contribution is 2.24. The first-order valence-corrected chi connectivity index (χ1v) is 7.22. The Morgan fingerprint density at radius 1 is 1.24 bits per heavy atom. The van der Waals surface area contributed by atoms with E-state index in [-0.39, 0.29) is 12.1 Å². The van der Waals surface area contributed by atoms with Crippen molar-refractivity contribution in [2.45, 2.75) is 45.6 Å². The van der Waals surface area contributed by atoms with Crippen LogP contribution in [0.4, 0.5) is 10.5 Å². The van der Waals surface area contributed by atoms with Crippen LogP contribution in [0, 0.1) is 19.8 Å². The Morgan fingerprint density at radius 2 is 1.95 bits per heavy atom. The maximum absolute atomic E-state index is 12.0. The third kappa shape index (κ3) is 3.93. The third-order valence-corrected chi connectivity index (χ3v) is 3.87. The minimum Gasteiger partial charge on any atom is -0.481 e. The average molecular weight is 291 g/mol. The van der Waals surface area contributed by atoms with Crippen LogP contribution in [-0.2, 0) is 4.79 Å². The van der Waals surface area contributed by atoms with E-state index in [2.05, 4.69) is 15.6 Å². The zero-order valence-corrected chi connectivity index (χ0v) is 12.3. The molecular formula is C15H21N3O3. The average Bonchev–Trinajstić information content (AvgIpc) is 2.42. The molecule has 1 fully saturated rings. The number of aromatic nitrogens is 1. The van der Waals surface area contributed by atoms with Gasteiger partial charge in [0.1, 0.15) is 0 Å². The van der Waals surface area contributed by atoms with E-state index in [9.17, 15) is 14.7 Å². The second-order valence-electron chi connectivity index (χ2n) is 5.52. The minimum absolute atomic E-state index is 0.310. The number of aliphatic carboxylic acids is 1. The summed E-state index contributed by atoms with van der Waals surface area (Å²) in [6.45, 7) is 3.71. The maximum Gasteiger partial charge on any atom is 0.319 e. The summed E-state index contributed by atoms with van der Waals surface area (Å²) in [5, 5.41) is 14.7. The van der Waals surface area contributed by atoms with Gasteiger partial charge >= 0.3 is 12.0 Å². The molecule has 2 unspecified atom stereocenters. The van der Waals surface area contributed by atoms with Gasteiger partial charge in [0.15, 0.2) is 0 Å². The molecule has 0 radical (unpaired) electrons. The Bertz CT molecular complexity index is 545. The summed E-state index contributed by atoms with van der Waals surface area (Å²) in [5.41, 5.74) is 2.26. The Balaban J connectivity index is 1.98. The van der Waals surface area contributed by atoms with Gasteiger partial charge in [-0.25, -0.2) is 4.79 Å². The van der Waals surface area contributed by atoms with Gasteiger partial charge in [0.2, 0.25) is 0 Å². The highest BCUT2D eigenvalue weighted by atomic mass is 16.4. The quantitative estimate of drug-likeness (QED) is 0.797. The molecule has 1 aromatic heterocycles. The van der Waals surface area contributed by atoms with Crippen molar-refractivity contribution in [2.24, 2.45) is 5.92 Å². The number of urea groups is 1. The zero-order valence-electron chi connectivity index (χ0n) is 12.3. The SMILES string of the molecule is Cc1ccc(NC(=O)NC2CCCCC2C(=O)O)c(C)n1. The first kappa shape index (κ1) is 15.3. The molecule has 0 spiro atoms. The monoisotopic (exact) mass is 291 g/mol. The van der Waals surface area contributed by atoms with Gasteiger partial charge < -0.3 is 15.7 Å². The van der Waals surface area contributed by atoms with Crippen molar-refractivity contribution in [1.29, 1.82) is 0 Å². The number of rotatable bonds is 3. The van der Waals surface area contributed by atoms with Crippen LogP contribution in [0.3, 0.4) is 0 Å². The van der Waals surface area contributed by atoms with E-state index < -0.39 is 11.9 Å². The van der Waals surface area contributed by atoms with Gasteiger partial charge in [-0.2, -0.15) is 0 Å². The molecule has 0 bridgehead atoms. The first-order chi connectivity index (χ1) is 9.97. The number of hydrogen-bond donors (Lipinski definition) is 3. The van der Waals surface area contributed by atoms with Gasteiger partial charge in [-0.3, -0.25) is 9.78 Å². The molecule has 1 aromatic rings. The van der Waals surface area contributed by atoms with E-state index in [1.807, 2.05) is 19.9 Å². The van der Waals surface area contributed by atoms with Crippen LogP contribution in [0.2, 0.25) is 0 Å². The number of nitrogens with zero attached hydrogens (tertiary/aromatic N) is 1. The van der Waals surface area contributed by atoms with Crippen LogP contribution in [0.5, 0.6) is 0 Å². The number of pyridine rings is 1. The molecule has 0 aromatic carbocycles. The molecule has 2 rings (SSSR count). The Hall–Kier alpha value is -2.11. The molecule has 3 N–H and O–H groups in total. The van der Waals surface area contributed by atoms with E-state index in [0.717, 1.165) is 24.2 Å². The second kappa shape index (κ2) is 6.56. The molecule has 1 aliphatic carbocycles. The lowest BCUT2D eigenvalue weighted by Crippen LogP contribution is -2.46. The summed E-state index contributed by atoms with van der Waals surface area (Å²) < 4.78 is 0. The summed E-state index contributed by atoms with van der Waals surface area (Å²) in [4.78, 5) is 27.5.